The molecular weight excluding hydrogens is 735 g/mol. The van der Waals surface area contributed by atoms with Gasteiger partial charge in [0.25, 0.3) is 0 Å². The van der Waals surface area contributed by atoms with E-state index in [9.17, 15) is 0 Å². The zero-order valence-electron chi connectivity index (χ0n) is 32.0. The van der Waals surface area contributed by atoms with Crippen molar-refractivity contribution >= 4 is 75.3 Å². The lowest BCUT2D eigenvalue weighted by molar-refractivity contribution is 0.670. The Hall–Kier alpha value is -7.20. The second-order valence-electron chi connectivity index (χ2n) is 16.0. The highest BCUT2D eigenvalue weighted by atomic mass is 32.1. The highest BCUT2D eigenvalue weighted by molar-refractivity contribution is 7.26. The molecule has 0 fully saturated rings. The maximum absolute atomic E-state index is 6.69. The van der Waals surface area contributed by atoms with E-state index in [1.807, 2.05) is 11.3 Å². The van der Waals surface area contributed by atoms with E-state index in [4.69, 9.17) is 4.42 Å². The second kappa shape index (κ2) is 12.6. The Morgan fingerprint density at radius 1 is 0.458 bits per heavy atom. The Morgan fingerprint density at radius 2 is 1.17 bits per heavy atom. The molecule has 12 aromatic rings. The minimum Gasteiger partial charge on any atom is -0.455 e. The third-order valence-electron chi connectivity index (χ3n) is 12.8. The minimum atomic E-state index is 0.322. The normalized spacial score (nSPS) is 13.9. The fourth-order valence-corrected chi connectivity index (χ4v) is 11.3. The molecule has 3 heteroatoms. The maximum Gasteiger partial charge on any atom is 0.143 e. The Morgan fingerprint density at radius 3 is 2.10 bits per heavy atom. The van der Waals surface area contributed by atoms with Gasteiger partial charge in [-0.1, -0.05) is 158 Å². The van der Waals surface area contributed by atoms with Crippen LogP contribution < -0.4 is 0 Å². The SMILES string of the molecule is c1ccc(C2Cc3cc(-c4ccc5c6ccccc6n(-c6cc(-c7cccc8c7oc7ccccc78)c7sc8ccccc8c7c6)c5c4)ccc3-c3ccccc32)cc1. The third kappa shape index (κ3) is 4.92. The van der Waals surface area contributed by atoms with Gasteiger partial charge in [0.2, 0.25) is 0 Å². The molecule has 1 aliphatic carbocycles. The van der Waals surface area contributed by atoms with Crippen LogP contribution in [0.15, 0.2) is 199 Å². The Kier molecular flexibility index (Phi) is 7.04. The van der Waals surface area contributed by atoms with Crippen LogP contribution in [0.2, 0.25) is 0 Å². The number of fused-ring (bicyclic) bond motifs is 12. The lowest BCUT2D eigenvalue weighted by Crippen LogP contribution is -2.12. The average Bonchev–Trinajstić information content (AvgIpc) is 3.98. The first kappa shape index (κ1) is 32.8. The van der Waals surface area contributed by atoms with Gasteiger partial charge in [0.15, 0.2) is 0 Å². The first-order chi connectivity index (χ1) is 29.2. The number of furan rings is 1. The summed E-state index contributed by atoms with van der Waals surface area (Å²) in [7, 11) is 0. The standard InChI is InChI=1S/C56H35NOS/c1-2-13-34(14-3-1)48-30-37-29-35(25-27-39(37)40-15-4-5-16-41(40)48)36-26-28-43-42-17-6-9-22-51(42)57(52(43)31-36)38-32-49-45-19-8-11-24-54(45)59-56(49)50(33-38)47-21-12-20-46-44-18-7-10-23-53(44)58-55(46)47/h1-29,31-33,48H,30H2. The van der Waals surface area contributed by atoms with Crippen molar-refractivity contribution in [1.82, 2.24) is 4.57 Å². The van der Waals surface area contributed by atoms with Gasteiger partial charge >= 0.3 is 0 Å². The van der Waals surface area contributed by atoms with Crippen LogP contribution in [-0.4, -0.2) is 4.57 Å². The van der Waals surface area contributed by atoms with Crippen molar-refractivity contribution in [3.63, 3.8) is 0 Å². The summed E-state index contributed by atoms with van der Waals surface area (Å²) >= 11 is 1.87. The number of thiophene rings is 1. The van der Waals surface area contributed by atoms with E-state index < -0.39 is 0 Å². The number of nitrogens with zero attached hydrogens (tertiary/aromatic N) is 1. The fourth-order valence-electron chi connectivity index (χ4n) is 10.1. The molecule has 276 valence electrons. The van der Waals surface area contributed by atoms with Crippen molar-refractivity contribution in [1.29, 1.82) is 0 Å². The van der Waals surface area contributed by atoms with Crippen LogP contribution in [0.1, 0.15) is 22.6 Å². The first-order valence-corrected chi connectivity index (χ1v) is 21.2. The number of para-hydroxylation sites is 3. The van der Waals surface area contributed by atoms with Crippen molar-refractivity contribution in [2.75, 3.05) is 0 Å². The van der Waals surface area contributed by atoms with Gasteiger partial charge in [-0.15, -0.1) is 11.3 Å². The largest absolute Gasteiger partial charge is 0.455 e. The minimum absolute atomic E-state index is 0.322. The predicted octanol–water partition coefficient (Wildman–Crippen LogP) is 15.7. The van der Waals surface area contributed by atoms with Crippen LogP contribution in [0.5, 0.6) is 0 Å². The number of benzene rings is 9. The van der Waals surface area contributed by atoms with E-state index in [2.05, 4.69) is 199 Å². The molecule has 3 aromatic heterocycles. The Balaban J connectivity index is 1.04. The number of aromatic nitrogens is 1. The van der Waals surface area contributed by atoms with Crippen LogP contribution in [0.25, 0.3) is 103 Å². The summed E-state index contributed by atoms with van der Waals surface area (Å²) in [5, 5.41) is 7.32. The first-order valence-electron chi connectivity index (χ1n) is 20.4. The summed E-state index contributed by atoms with van der Waals surface area (Å²) in [4.78, 5) is 0. The summed E-state index contributed by atoms with van der Waals surface area (Å²) in [6, 6.07) is 71.6. The van der Waals surface area contributed by atoms with Crippen LogP contribution >= 0.6 is 11.3 Å². The second-order valence-corrected chi connectivity index (χ2v) is 17.0. The number of hydrogen-bond acceptors (Lipinski definition) is 2. The summed E-state index contributed by atoms with van der Waals surface area (Å²) in [6.07, 6.45) is 0.974. The van der Waals surface area contributed by atoms with E-state index in [1.54, 1.807) is 0 Å². The molecule has 0 bridgehead atoms. The summed E-state index contributed by atoms with van der Waals surface area (Å²) in [5.74, 6) is 0.322. The van der Waals surface area contributed by atoms with E-state index in [-0.39, 0.29) is 0 Å². The lowest BCUT2D eigenvalue weighted by Gasteiger charge is -2.29. The lowest BCUT2D eigenvalue weighted by atomic mass is 9.75. The van der Waals surface area contributed by atoms with Crippen molar-refractivity contribution in [2.24, 2.45) is 0 Å². The zero-order chi connectivity index (χ0) is 38.6. The molecule has 1 aliphatic rings. The van der Waals surface area contributed by atoms with Gasteiger partial charge in [0, 0.05) is 64.4 Å². The molecule has 9 aromatic carbocycles. The smallest absolute Gasteiger partial charge is 0.143 e. The van der Waals surface area contributed by atoms with Crippen molar-refractivity contribution in [3.05, 3.63) is 211 Å². The molecule has 0 spiro atoms. The summed E-state index contributed by atoms with van der Waals surface area (Å²) in [6.45, 7) is 0. The van der Waals surface area contributed by atoms with E-state index >= 15 is 0 Å². The van der Waals surface area contributed by atoms with Crippen molar-refractivity contribution in [3.8, 4) is 39.1 Å². The van der Waals surface area contributed by atoms with Gasteiger partial charge in [-0.2, -0.15) is 0 Å². The van der Waals surface area contributed by atoms with Gasteiger partial charge < -0.3 is 8.98 Å². The maximum atomic E-state index is 6.69. The topological polar surface area (TPSA) is 18.1 Å². The van der Waals surface area contributed by atoms with Crippen LogP contribution in [-0.2, 0) is 6.42 Å². The third-order valence-corrected chi connectivity index (χ3v) is 14.0. The molecule has 0 aliphatic heterocycles. The average molecular weight is 770 g/mol. The molecule has 0 N–H and O–H groups in total. The van der Waals surface area contributed by atoms with Crippen molar-refractivity contribution < 1.29 is 4.42 Å². The highest BCUT2D eigenvalue weighted by Gasteiger charge is 2.26. The molecule has 0 amide bonds. The van der Waals surface area contributed by atoms with Crippen molar-refractivity contribution in [2.45, 2.75) is 12.3 Å². The molecule has 13 rings (SSSR count). The van der Waals surface area contributed by atoms with E-state index in [0.717, 1.165) is 39.6 Å². The molecule has 1 atom stereocenters. The molecule has 59 heavy (non-hydrogen) atoms. The molecule has 0 radical (unpaired) electrons. The number of hydrogen-bond donors (Lipinski definition) is 0. The van der Waals surface area contributed by atoms with Crippen LogP contribution in [0, 0.1) is 0 Å². The van der Waals surface area contributed by atoms with Gasteiger partial charge in [-0.05, 0) is 81.8 Å². The summed E-state index contributed by atoms with van der Waals surface area (Å²) < 4.78 is 11.7. The molecule has 1 unspecified atom stereocenters. The van der Waals surface area contributed by atoms with Gasteiger partial charge in [-0.3, -0.25) is 0 Å². The number of rotatable bonds is 4. The van der Waals surface area contributed by atoms with E-state index in [0.29, 0.717) is 5.92 Å². The Labute approximate surface area is 344 Å². The molecule has 2 nitrogen and oxygen atoms in total. The monoisotopic (exact) mass is 769 g/mol. The molecule has 0 saturated heterocycles. The molecule has 3 heterocycles. The van der Waals surface area contributed by atoms with Gasteiger partial charge in [-0.25, -0.2) is 0 Å². The predicted molar refractivity (Wildman–Crippen MR) is 249 cm³/mol. The fraction of sp³-hybridized carbons (Fsp3) is 0.0357. The molecule has 0 saturated carbocycles. The summed E-state index contributed by atoms with van der Waals surface area (Å²) in [5.41, 5.74) is 17.0. The highest BCUT2D eigenvalue weighted by Crippen LogP contribution is 2.47. The van der Waals surface area contributed by atoms with Gasteiger partial charge in [0.1, 0.15) is 11.2 Å². The quantitative estimate of drug-likeness (QED) is 0.174. The van der Waals surface area contributed by atoms with Crippen LogP contribution in [0.3, 0.4) is 0 Å². The van der Waals surface area contributed by atoms with E-state index in [1.165, 1.54) is 86.5 Å². The van der Waals surface area contributed by atoms with Gasteiger partial charge in [0.05, 0.1) is 11.0 Å². The molecular formula is C56H35NOS. The van der Waals surface area contributed by atoms with Crippen LogP contribution in [0.4, 0.5) is 0 Å². The Bertz CT molecular complexity index is 3660. The zero-order valence-corrected chi connectivity index (χ0v) is 32.8.